The molecule has 1 heterocycles. The number of nitrogens with zero attached hydrogens (tertiary/aromatic N) is 1. The molecule has 1 aliphatic heterocycles. The van der Waals surface area contributed by atoms with Gasteiger partial charge in [0.05, 0.1) is 0 Å². The monoisotopic (exact) mass is 168 g/mol. The van der Waals surface area contributed by atoms with E-state index in [0.29, 0.717) is 0 Å². The topological polar surface area (TPSA) is 29.3 Å². The van der Waals surface area contributed by atoms with Crippen LogP contribution in [0.5, 0.6) is 0 Å². The zero-order chi connectivity index (χ0) is 8.39. The fourth-order valence-corrected chi connectivity index (χ4v) is 2.84. The average molecular weight is 168 g/mol. The predicted octanol–water partition coefficient (Wildman–Crippen LogP) is 1.90. The van der Waals surface area contributed by atoms with Gasteiger partial charge in [0.15, 0.2) is 0 Å². The van der Waals surface area contributed by atoms with E-state index in [1.807, 2.05) is 0 Å². The molecule has 2 aliphatic rings. The van der Waals surface area contributed by atoms with Crippen LogP contribution >= 0.6 is 0 Å². The quantitative estimate of drug-likeness (QED) is 0.606. The van der Waals surface area contributed by atoms with Crippen molar-refractivity contribution in [2.75, 3.05) is 6.54 Å². The first kappa shape index (κ1) is 8.52. The Morgan fingerprint density at radius 1 is 0.917 bits per heavy atom. The van der Waals surface area contributed by atoms with E-state index in [-0.39, 0.29) is 0 Å². The van der Waals surface area contributed by atoms with Gasteiger partial charge in [0.25, 0.3) is 0 Å². The molecule has 1 unspecified atom stereocenters. The second-order valence-electron chi connectivity index (χ2n) is 4.35. The molecule has 2 nitrogen and oxygen atoms in total. The van der Waals surface area contributed by atoms with Crippen LogP contribution in [-0.2, 0) is 0 Å². The highest BCUT2D eigenvalue weighted by atomic mass is 15.4. The molecular formula is C10H20N2. The van der Waals surface area contributed by atoms with Crippen LogP contribution in [0.3, 0.4) is 0 Å². The molecule has 0 aromatic carbocycles. The second kappa shape index (κ2) is 3.75. The standard InChI is InChI=1S/C10H20N2/c11-12-8-4-7-10(12)9-5-2-1-3-6-9/h9-10H,1-8,11H2. The van der Waals surface area contributed by atoms with Crippen LogP contribution in [-0.4, -0.2) is 17.6 Å². The Morgan fingerprint density at radius 2 is 1.67 bits per heavy atom. The highest BCUT2D eigenvalue weighted by Gasteiger charge is 2.30. The molecule has 0 aromatic rings. The minimum Gasteiger partial charge on any atom is -0.269 e. The first-order valence-corrected chi connectivity index (χ1v) is 5.39. The minimum atomic E-state index is 0.727. The molecule has 70 valence electrons. The van der Waals surface area contributed by atoms with Gasteiger partial charge >= 0.3 is 0 Å². The van der Waals surface area contributed by atoms with E-state index in [1.54, 1.807) is 0 Å². The van der Waals surface area contributed by atoms with Crippen molar-refractivity contribution >= 4 is 0 Å². The smallest absolute Gasteiger partial charge is 0.0269 e. The van der Waals surface area contributed by atoms with Crippen molar-refractivity contribution in [3.05, 3.63) is 0 Å². The van der Waals surface area contributed by atoms with E-state index in [1.165, 1.54) is 44.9 Å². The molecule has 2 fully saturated rings. The highest BCUT2D eigenvalue weighted by molar-refractivity contribution is 4.83. The fraction of sp³-hybridized carbons (Fsp3) is 1.00. The van der Waals surface area contributed by atoms with Gasteiger partial charge in [-0.25, -0.2) is 5.01 Å². The molecule has 0 aromatic heterocycles. The number of nitrogens with two attached hydrogens (primary N) is 1. The summed E-state index contributed by atoms with van der Waals surface area (Å²) in [6.07, 6.45) is 9.85. The van der Waals surface area contributed by atoms with E-state index in [4.69, 9.17) is 5.84 Å². The van der Waals surface area contributed by atoms with Gasteiger partial charge in [-0.15, -0.1) is 0 Å². The van der Waals surface area contributed by atoms with Gasteiger partial charge < -0.3 is 0 Å². The van der Waals surface area contributed by atoms with E-state index >= 15 is 0 Å². The lowest BCUT2D eigenvalue weighted by molar-refractivity contribution is 0.159. The highest BCUT2D eigenvalue weighted by Crippen LogP contribution is 2.32. The third kappa shape index (κ3) is 1.64. The summed E-state index contributed by atoms with van der Waals surface area (Å²) in [5.74, 6) is 6.87. The summed E-state index contributed by atoms with van der Waals surface area (Å²) in [5, 5.41) is 2.09. The summed E-state index contributed by atoms with van der Waals surface area (Å²) < 4.78 is 0. The number of hydrogen-bond donors (Lipinski definition) is 1. The van der Waals surface area contributed by atoms with Gasteiger partial charge in [0.2, 0.25) is 0 Å². The molecule has 0 radical (unpaired) electrons. The zero-order valence-corrected chi connectivity index (χ0v) is 7.84. The molecule has 2 heteroatoms. The average Bonchev–Trinajstić information content (AvgIpc) is 2.53. The Labute approximate surface area is 75.1 Å². The molecule has 1 aliphatic carbocycles. The van der Waals surface area contributed by atoms with Crippen LogP contribution in [0.2, 0.25) is 0 Å². The van der Waals surface area contributed by atoms with Crippen molar-refractivity contribution in [2.24, 2.45) is 11.8 Å². The zero-order valence-electron chi connectivity index (χ0n) is 7.84. The Kier molecular flexibility index (Phi) is 2.66. The Morgan fingerprint density at radius 3 is 2.25 bits per heavy atom. The maximum Gasteiger partial charge on any atom is 0.0269 e. The molecule has 0 bridgehead atoms. The second-order valence-corrected chi connectivity index (χ2v) is 4.35. The van der Waals surface area contributed by atoms with E-state index < -0.39 is 0 Å². The van der Waals surface area contributed by atoms with Crippen LogP contribution in [0.1, 0.15) is 44.9 Å². The molecule has 1 saturated carbocycles. The van der Waals surface area contributed by atoms with E-state index in [2.05, 4.69) is 5.01 Å². The fourth-order valence-electron chi connectivity index (χ4n) is 2.84. The van der Waals surface area contributed by atoms with Gasteiger partial charge in [-0.05, 0) is 31.6 Å². The summed E-state index contributed by atoms with van der Waals surface area (Å²) in [6.45, 7) is 1.13. The molecule has 2 rings (SSSR count). The third-order valence-electron chi connectivity index (χ3n) is 3.54. The van der Waals surface area contributed by atoms with Crippen LogP contribution in [0, 0.1) is 5.92 Å². The Bertz CT molecular complexity index is 141. The first-order valence-electron chi connectivity index (χ1n) is 5.39. The summed E-state index contributed by atoms with van der Waals surface area (Å²) in [7, 11) is 0. The molecule has 0 amide bonds. The van der Waals surface area contributed by atoms with Crippen LogP contribution < -0.4 is 5.84 Å². The van der Waals surface area contributed by atoms with E-state index in [0.717, 1.165) is 18.5 Å². The third-order valence-corrected chi connectivity index (χ3v) is 3.54. The Hall–Kier alpha value is -0.0800. The van der Waals surface area contributed by atoms with Crippen molar-refractivity contribution < 1.29 is 0 Å². The van der Waals surface area contributed by atoms with Crippen molar-refractivity contribution in [2.45, 2.75) is 51.0 Å². The summed E-state index contributed by atoms with van der Waals surface area (Å²) in [6, 6.07) is 0.727. The maximum atomic E-state index is 5.94. The van der Waals surface area contributed by atoms with Crippen LogP contribution in [0.25, 0.3) is 0 Å². The molecule has 0 spiro atoms. The lowest BCUT2D eigenvalue weighted by Crippen LogP contribution is -2.41. The lowest BCUT2D eigenvalue weighted by Gasteiger charge is -2.31. The van der Waals surface area contributed by atoms with Crippen molar-refractivity contribution in [1.29, 1.82) is 0 Å². The number of rotatable bonds is 1. The van der Waals surface area contributed by atoms with Crippen LogP contribution in [0.4, 0.5) is 0 Å². The normalized spacial score (nSPS) is 34.2. The van der Waals surface area contributed by atoms with Gasteiger partial charge in [-0.3, -0.25) is 5.84 Å². The van der Waals surface area contributed by atoms with Crippen molar-refractivity contribution in [3.8, 4) is 0 Å². The van der Waals surface area contributed by atoms with Gasteiger partial charge in [-0.2, -0.15) is 0 Å². The SMILES string of the molecule is NN1CCCC1C1CCCCC1. The largest absolute Gasteiger partial charge is 0.269 e. The number of hydrazine groups is 1. The van der Waals surface area contributed by atoms with Crippen molar-refractivity contribution in [3.63, 3.8) is 0 Å². The summed E-state index contributed by atoms with van der Waals surface area (Å²) >= 11 is 0. The number of hydrogen-bond acceptors (Lipinski definition) is 2. The van der Waals surface area contributed by atoms with Gasteiger partial charge in [0, 0.05) is 12.6 Å². The maximum absolute atomic E-state index is 5.94. The lowest BCUT2D eigenvalue weighted by atomic mass is 9.83. The minimum absolute atomic E-state index is 0.727. The van der Waals surface area contributed by atoms with Gasteiger partial charge in [-0.1, -0.05) is 19.3 Å². The van der Waals surface area contributed by atoms with E-state index in [9.17, 15) is 0 Å². The molecule has 1 atom stereocenters. The Balaban J connectivity index is 1.89. The molecular weight excluding hydrogens is 148 g/mol. The molecule has 12 heavy (non-hydrogen) atoms. The van der Waals surface area contributed by atoms with Gasteiger partial charge in [0.1, 0.15) is 0 Å². The molecule has 2 N–H and O–H groups in total. The summed E-state index contributed by atoms with van der Waals surface area (Å²) in [4.78, 5) is 0. The summed E-state index contributed by atoms with van der Waals surface area (Å²) in [5.41, 5.74) is 0. The predicted molar refractivity (Wildman–Crippen MR) is 50.5 cm³/mol. The van der Waals surface area contributed by atoms with Crippen LogP contribution in [0.15, 0.2) is 0 Å². The van der Waals surface area contributed by atoms with Crippen molar-refractivity contribution in [1.82, 2.24) is 5.01 Å². The molecule has 1 saturated heterocycles. The first-order chi connectivity index (χ1) is 5.88.